The van der Waals surface area contributed by atoms with E-state index in [1.54, 1.807) is 0 Å². The van der Waals surface area contributed by atoms with Gasteiger partial charge in [-0.2, -0.15) is 0 Å². The van der Waals surface area contributed by atoms with Gasteiger partial charge in [0.05, 0.1) is 0 Å². The third kappa shape index (κ3) is 2.36. The molecule has 0 aromatic rings. The summed E-state index contributed by atoms with van der Waals surface area (Å²) in [5.41, 5.74) is 5.85. The second-order valence-corrected chi connectivity index (χ2v) is 5.69. The molecule has 2 fully saturated rings. The fourth-order valence-electron chi connectivity index (χ4n) is 3.41. The van der Waals surface area contributed by atoms with Crippen molar-refractivity contribution in [3.8, 4) is 0 Å². The van der Waals surface area contributed by atoms with Crippen molar-refractivity contribution < 1.29 is 0 Å². The number of likely N-dealkylation sites (tertiary alicyclic amines) is 1. The highest BCUT2D eigenvalue weighted by atomic mass is 15.2. The fraction of sp³-hybridized carbons (Fsp3) is 1.00. The van der Waals surface area contributed by atoms with E-state index >= 15 is 0 Å². The van der Waals surface area contributed by atoms with Gasteiger partial charge in [0.2, 0.25) is 0 Å². The van der Waals surface area contributed by atoms with E-state index in [2.05, 4.69) is 18.7 Å². The molecule has 2 nitrogen and oxygen atoms in total. The van der Waals surface area contributed by atoms with E-state index in [4.69, 9.17) is 5.73 Å². The molecule has 1 heterocycles. The van der Waals surface area contributed by atoms with Crippen molar-refractivity contribution in [1.29, 1.82) is 0 Å². The zero-order valence-corrected chi connectivity index (χ0v) is 10.3. The molecule has 1 aliphatic carbocycles. The van der Waals surface area contributed by atoms with Gasteiger partial charge in [0.25, 0.3) is 0 Å². The predicted molar refractivity (Wildman–Crippen MR) is 64.7 cm³/mol. The van der Waals surface area contributed by atoms with E-state index in [9.17, 15) is 0 Å². The average Bonchev–Trinajstić information content (AvgIpc) is 2.70. The van der Waals surface area contributed by atoms with Crippen LogP contribution in [0.5, 0.6) is 0 Å². The molecule has 0 amide bonds. The Morgan fingerprint density at radius 1 is 1.13 bits per heavy atom. The molecule has 2 heteroatoms. The largest absolute Gasteiger partial charge is 0.329 e. The molecule has 0 aromatic heterocycles. The lowest BCUT2D eigenvalue weighted by Gasteiger charge is -2.40. The molecule has 1 saturated heterocycles. The van der Waals surface area contributed by atoms with Gasteiger partial charge in [-0.25, -0.2) is 0 Å². The van der Waals surface area contributed by atoms with Crippen molar-refractivity contribution in [2.45, 2.75) is 58.0 Å². The summed E-state index contributed by atoms with van der Waals surface area (Å²) >= 11 is 0. The molecule has 0 spiro atoms. The monoisotopic (exact) mass is 210 g/mol. The van der Waals surface area contributed by atoms with Crippen molar-refractivity contribution in [2.24, 2.45) is 17.6 Å². The molecule has 0 bridgehead atoms. The van der Waals surface area contributed by atoms with E-state index in [1.165, 1.54) is 38.6 Å². The molecule has 4 unspecified atom stereocenters. The second-order valence-electron chi connectivity index (χ2n) is 5.69. The van der Waals surface area contributed by atoms with Gasteiger partial charge in [-0.3, -0.25) is 4.90 Å². The summed E-state index contributed by atoms with van der Waals surface area (Å²) in [6, 6.07) is 1.53. The van der Waals surface area contributed by atoms with Gasteiger partial charge in [-0.05, 0) is 50.5 Å². The van der Waals surface area contributed by atoms with E-state index in [1.807, 2.05) is 0 Å². The van der Waals surface area contributed by atoms with Crippen LogP contribution in [-0.2, 0) is 0 Å². The van der Waals surface area contributed by atoms with Gasteiger partial charge in [-0.1, -0.05) is 13.8 Å². The molecule has 4 atom stereocenters. The van der Waals surface area contributed by atoms with E-state index in [0.717, 1.165) is 24.4 Å². The van der Waals surface area contributed by atoms with Crippen molar-refractivity contribution in [2.75, 3.05) is 13.1 Å². The normalized spacial score (nSPS) is 43.4. The molecule has 1 aliphatic heterocycles. The van der Waals surface area contributed by atoms with Gasteiger partial charge in [0.1, 0.15) is 0 Å². The van der Waals surface area contributed by atoms with Crippen LogP contribution in [0.1, 0.15) is 46.0 Å². The molecule has 2 rings (SSSR count). The fourth-order valence-corrected chi connectivity index (χ4v) is 3.41. The first kappa shape index (κ1) is 11.4. The van der Waals surface area contributed by atoms with Crippen molar-refractivity contribution in [1.82, 2.24) is 4.90 Å². The number of rotatable bonds is 2. The number of nitrogens with zero attached hydrogens (tertiary/aromatic N) is 1. The summed E-state index contributed by atoms with van der Waals surface area (Å²) in [6.07, 6.45) is 6.92. The Morgan fingerprint density at radius 2 is 1.93 bits per heavy atom. The number of hydrogen-bond donors (Lipinski definition) is 1. The van der Waals surface area contributed by atoms with Gasteiger partial charge in [0.15, 0.2) is 0 Å². The zero-order chi connectivity index (χ0) is 10.8. The lowest BCUT2D eigenvalue weighted by Crippen LogP contribution is -2.45. The maximum atomic E-state index is 5.85. The molecular formula is C13H26N2. The van der Waals surface area contributed by atoms with Crippen LogP contribution in [0.25, 0.3) is 0 Å². The molecule has 0 aromatic carbocycles. The molecule has 15 heavy (non-hydrogen) atoms. The van der Waals surface area contributed by atoms with Gasteiger partial charge in [0, 0.05) is 18.6 Å². The second kappa shape index (κ2) is 4.84. The molecule has 2 aliphatic rings. The van der Waals surface area contributed by atoms with E-state index in [0.29, 0.717) is 6.04 Å². The Labute approximate surface area is 94.2 Å². The van der Waals surface area contributed by atoms with Crippen LogP contribution in [0.2, 0.25) is 0 Å². The predicted octanol–water partition coefficient (Wildman–Crippen LogP) is 2.23. The van der Waals surface area contributed by atoms with Crippen LogP contribution in [0, 0.1) is 11.8 Å². The Morgan fingerprint density at radius 3 is 2.60 bits per heavy atom. The lowest BCUT2D eigenvalue weighted by atomic mass is 9.78. The summed E-state index contributed by atoms with van der Waals surface area (Å²) in [7, 11) is 0. The van der Waals surface area contributed by atoms with Gasteiger partial charge < -0.3 is 5.73 Å². The van der Waals surface area contributed by atoms with E-state index in [-0.39, 0.29) is 0 Å². The minimum Gasteiger partial charge on any atom is -0.329 e. The topological polar surface area (TPSA) is 29.3 Å². The number of nitrogens with two attached hydrogens (primary N) is 1. The Balaban J connectivity index is 1.93. The van der Waals surface area contributed by atoms with Gasteiger partial charge in [-0.15, -0.1) is 0 Å². The third-order valence-electron chi connectivity index (χ3n) is 4.73. The zero-order valence-electron chi connectivity index (χ0n) is 10.3. The van der Waals surface area contributed by atoms with Crippen molar-refractivity contribution >= 4 is 0 Å². The standard InChI is InChI=1S/C13H26N2/c1-10-5-6-12(8-11(10)2)15-7-3-4-13(15)9-14/h10-13H,3-9,14H2,1-2H3. The summed E-state index contributed by atoms with van der Waals surface area (Å²) in [4.78, 5) is 2.71. The van der Waals surface area contributed by atoms with Crippen LogP contribution in [0.4, 0.5) is 0 Å². The van der Waals surface area contributed by atoms with Crippen molar-refractivity contribution in [3.63, 3.8) is 0 Å². The SMILES string of the molecule is CC1CCC(N2CCCC2CN)CC1C. The van der Waals surface area contributed by atoms with Crippen LogP contribution in [0.15, 0.2) is 0 Å². The first-order chi connectivity index (χ1) is 7.22. The highest BCUT2D eigenvalue weighted by Crippen LogP contribution is 2.34. The molecule has 2 N–H and O–H groups in total. The molecule has 0 radical (unpaired) electrons. The van der Waals surface area contributed by atoms with Crippen molar-refractivity contribution in [3.05, 3.63) is 0 Å². The van der Waals surface area contributed by atoms with Crippen LogP contribution in [-0.4, -0.2) is 30.1 Å². The lowest BCUT2D eigenvalue weighted by molar-refractivity contribution is 0.101. The quantitative estimate of drug-likeness (QED) is 0.757. The summed E-state index contributed by atoms with van der Waals surface area (Å²) in [5, 5.41) is 0. The summed E-state index contributed by atoms with van der Waals surface area (Å²) < 4.78 is 0. The minimum absolute atomic E-state index is 0.690. The van der Waals surface area contributed by atoms with Crippen LogP contribution >= 0.6 is 0 Å². The highest BCUT2D eigenvalue weighted by Gasteiger charge is 2.33. The third-order valence-corrected chi connectivity index (χ3v) is 4.73. The van der Waals surface area contributed by atoms with Crippen LogP contribution in [0.3, 0.4) is 0 Å². The minimum atomic E-state index is 0.690. The summed E-state index contributed by atoms with van der Waals surface area (Å²) in [5.74, 6) is 1.84. The maximum absolute atomic E-state index is 5.85. The molecular weight excluding hydrogens is 184 g/mol. The van der Waals surface area contributed by atoms with E-state index < -0.39 is 0 Å². The summed E-state index contributed by atoms with van der Waals surface area (Å²) in [6.45, 7) is 6.99. The van der Waals surface area contributed by atoms with Crippen LogP contribution < -0.4 is 5.73 Å². The van der Waals surface area contributed by atoms with Gasteiger partial charge >= 0.3 is 0 Å². The first-order valence-electron chi connectivity index (χ1n) is 6.68. The Hall–Kier alpha value is -0.0800. The molecule has 1 saturated carbocycles. The highest BCUT2D eigenvalue weighted by molar-refractivity contribution is 4.89. The molecule has 88 valence electrons. The smallest absolute Gasteiger partial charge is 0.0221 e. The Kier molecular flexibility index (Phi) is 3.68. The maximum Gasteiger partial charge on any atom is 0.0221 e. The Bertz CT molecular complexity index is 205. The average molecular weight is 210 g/mol. The number of hydrogen-bond acceptors (Lipinski definition) is 2. The first-order valence-corrected chi connectivity index (χ1v) is 6.68.